The maximum Gasteiger partial charge on any atom is 0.323 e. The number of hydrogen-bond donors (Lipinski definition) is 3. The van der Waals surface area contributed by atoms with Crippen LogP contribution in [0, 0.1) is 17.5 Å². The number of rotatable bonds is 7. The average molecular weight is 560 g/mol. The van der Waals surface area contributed by atoms with Crippen molar-refractivity contribution in [3.8, 4) is 0 Å². The number of nitrogens with two attached hydrogens (primary N) is 1. The highest BCUT2D eigenvalue weighted by Crippen LogP contribution is 2.33. The molecule has 4 aromatic rings. The largest absolute Gasteiger partial charge is 0.367 e. The fourth-order valence-electron chi connectivity index (χ4n) is 5.03. The van der Waals surface area contributed by atoms with Crippen LogP contribution in [-0.4, -0.2) is 43.0 Å². The standard InChI is InChI=1S/C31H28F3N5O2/c32-23-10-5-20(6-11-23)29(21-7-12-24(33)13-8-21)39-17-15-38(16-18-39)28-14-9-22(30(35)40)19-27(28)37-31(41)36-26-4-2-1-3-25(26)34/h1-14,19,29H,15-18H2,(H2,35,40)(H2,36,37,41). The third-order valence-corrected chi connectivity index (χ3v) is 7.04. The molecule has 0 aliphatic carbocycles. The van der Waals surface area contributed by atoms with Crippen LogP contribution >= 0.6 is 0 Å². The number of halogens is 3. The number of amides is 3. The minimum atomic E-state index is -0.677. The van der Waals surface area contributed by atoms with Crippen molar-refractivity contribution in [2.24, 2.45) is 5.73 Å². The van der Waals surface area contributed by atoms with Crippen molar-refractivity contribution in [2.45, 2.75) is 6.04 Å². The number of benzene rings is 4. The van der Waals surface area contributed by atoms with E-state index >= 15 is 0 Å². The molecule has 0 saturated carbocycles. The lowest BCUT2D eigenvalue weighted by atomic mass is 9.96. The van der Waals surface area contributed by atoms with Crippen molar-refractivity contribution in [1.82, 2.24) is 4.90 Å². The van der Waals surface area contributed by atoms with E-state index in [9.17, 15) is 22.8 Å². The predicted octanol–water partition coefficient (Wildman–Crippen LogP) is 5.76. The molecule has 1 saturated heterocycles. The maximum absolute atomic E-state index is 14.1. The van der Waals surface area contributed by atoms with Crippen LogP contribution in [-0.2, 0) is 0 Å². The number of nitrogens with one attached hydrogen (secondary N) is 2. The number of hydrogen-bond acceptors (Lipinski definition) is 4. The third kappa shape index (κ3) is 6.50. The van der Waals surface area contributed by atoms with Crippen molar-refractivity contribution < 1.29 is 22.8 Å². The van der Waals surface area contributed by atoms with Crippen LogP contribution in [0.4, 0.5) is 35.0 Å². The Balaban J connectivity index is 1.36. The second-order valence-corrected chi connectivity index (χ2v) is 9.68. The molecule has 0 aromatic heterocycles. The van der Waals surface area contributed by atoms with Crippen molar-refractivity contribution >= 4 is 29.0 Å². The van der Waals surface area contributed by atoms with Crippen LogP contribution in [0.25, 0.3) is 0 Å². The van der Waals surface area contributed by atoms with Gasteiger partial charge >= 0.3 is 6.03 Å². The third-order valence-electron chi connectivity index (χ3n) is 7.04. The molecule has 1 fully saturated rings. The van der Waals surface area contributed by atoms with Crippen LogP contribution in [0.1, 0.15) is 27.5 Å². The van der Waals surface area contributed by atoms with Gasteiger partial charge in [-0.05, 0) is 65.7 Å². The first-order valence-electron chi connectivity index (χ1n) is 13.0. The Morgan fingerprint density at radius 1 is 0.707 bits per heavy atom. The van der Waals surface area contributed by atoms with E-state index in [2.05, 4.69) is 20.4 Å². The van der Waals surface area contributed by atoms with Crippen LogP contribution in [0.5, 0.6) is 0 Å². The highest BCUT2D eigenvalue weighted by molar-refractivity contribution is 6.03. The van der Waals surface area contributed by atoms with Gasteiger partial charge in [-0.25, -0.2) is 18.0 Å². The zero-order valence-corrected chi connectivity index (χ0v) is 22.0. The number of anilines is 3. The molecule has 3 amide bonds. The van der Waals surface area contributed by atoms with E-state index in [1.807, 2.05) is 0 Å². The van der Waals surface area contributed by atoms with Gasteiger partial charge in [0.05, 0.1) is 23.1 Å². The normalized spacial score (nSPS) is 13.7. The molecule has 4 N–H and O–H groups in total. The fourth-order valence-corrected chi connectivity index (χ4v) is 5.03. The molecule has 10 heteroatoms. The summed E-state index contributed by atoms with van der Waals surface area (Å²) < 4.78 is 41.4. The van der Waals surface area contributed by atoms with Crippen LogP contribution < -0.4 is 21.3 Å². The Bertz CT molecular complexity index is 1490. The Morgan fingerprint density at radius 3 is 1.83 bits per heavy atom. The van der Waals surface area contributed by atoms with Gasteiger partial charge in [-0.15, -0.1) is 0 Å². The van der Waals surface area contributed by atoms with E-state index in [1.165, 1.54) is 48.5 Å². The Labute approximate surface area is 235 Å². The molecule has 1 aliphatic heterocycles. The van der Waals surface area contributed by atoms with E-state index in [0.29, 0.717) is 37.6 Å². The smallest absolute Gasteiger partial charge is 0.323 e. The summed E-state index contributed by atoms with van der Waals surface area (Å²) in [7, 11) is 0. The van der Waals surface area contributed by atoms with E-state index < -0.39 is 17.8 Å². The first kappa shape index (κ1) is 27.7. The molecule has 0 unspecified atom stereocenters. The van der Waals surface area contributed by atoms with E-state index in [4.69, 9.17) is 5.73 Å². The summed E-state index contributed by atoms with van der Waals surface area (Å²) >= 11 is 0. The minimum Gasteiger partial charge on any atom is -0.367 e. The number of primary amides is 1. The van der Waals surface area contributed by atoms with Gasteiger partial charge in [0, 0.05) is 31.7 Å². The number of para-hydroxylation sites is 1. The summed E-state index contributed by atoms with van der Waals surface area (Å²) in [4.78, 5) is 28.9. The zero-order chi connectivity index (χ0) is 28.9. The molecule has 210 valence electrons. The second-order valence-electron chi connectivity index (χ2n) is 9.68. The highest BCUT2D eigenvalue weighted by atomic mass is 19.1. The zero-order valence-electron chi connectivity index (χ0n) is 22.0. The first-order chi connectivity index (χ1) is 19.8. The maximum atomic E-state index is 14.1. The summed E-state index contributed by atoms with van der Waals surface area (Å²) in [5.74, 6) is -1.91. The Kier molecular flexibility index (Phi) is 8.21. The SMILES string of the molecule is NC(=O)c1ccc(N2CCN(C(c3ccc(F)cc3)c3ccc(F)cc3)CC2)c(NC(=O)Nc2ccccc2F)c1. The van der Waals surface area contributed by atoms with Crippen molar-refractivity contribution in [2.75, 3.05) is 41.7 Å². The van der Waals surface area contributed by atoms with Crippen LogP contribution in [0.15, 0.2) is 91.0 Å². The molecule has 0 spiro atoms. The fraction of sp³-hybridized carbons (Fsp3) is 0.161. The van der Waals surface area contributed by atoms with Gasteiger partial charge in [0.2, 0.25) is 5.91 Å². The lowest BCUT2D eigenvalue weighted by molar-refractivity contribution is 0.1000. The van der Waals surface area contributed by atoms with E-state index in [-0.39, 0.29) is 28.9 Å². The molecule has 7 nitrogen and oxygen atoms in total. The highest BCUT2D eigenvalue weighted by Gasteiger charge is 2.28. The van der Waals surface area contributed by atoms with Crippen molar-refractivity contribution in [3.05, 3.63) is 125 Å². The van der Waals surface area contributed by atoms with E-state index in [0.717, 1.165) is 11.1 Å². The Hall–Kier alpha value is -4.83. The lowest BCUT2D eigenvalue weighted by Gasteiger charge is -2.41. The molecule has 5 rings (SSSR count). The Morgan fingerprint density at radius 2 is 1.27 bits per heavy atom. The molecule has 1 heterocycles. The molecular formula is C31H28F3N5O2. The molecular weight excluding hydrogens is 531 g/mol. The lowest BCUT2D eigenvalue weighted by Crippen LogP contribution is -2.48. The first-order valence-corrected chi connectivity index (χ1v) is 13.0. The summed E-state index contributed by atoms with van der Waals surface area (Å²) in [5.41, 5.74) is 8.47. The van der Waals surface area contributed by atoms with Crippen molar-refractivity contribution in [3.63, 3.8) is 0 Å². The van der Waals surface area contributed by atoms with Gasteiger partial charge in [0.25, 0.3) is 0 Å². The second kappa shape index (κ2) is 12.1. The monoisotopic (exact) mass is 559 g/mol. The summed E-state index contributed by atoms with van der Waals surface area (Å²) in [6.45, 7) is 2.30. The number of carbonyl (C=O) groups is 2. The summed E-state index contributed by atoms with van der Waals surface area (Å²) in [5, 5.41) is 5.21. The molecule has 1 aliphatic rings. The van der Waals surface area contributed by atoms with Gasteiger partial charge in [-0.3, -0.25) is 9.69 Å². The van der Waals surface area contributed by atoms with Gasteiger partial charge in [-0.2, -0.15) is 0 Å². The molecule has 0 radical (unpaired) electrons. The predicted molar refractivity (Wildman–Crippen MR) is 152 cm³/mol. The molecule has 0 atom stereocenters. The number of urea groups is 1. The van der Waals surface area contributed by atoms with Gasteiger partial charge in [-0.1, -0.05) is 36.4 Å². The number of piperazine rings is 1. The van der Waals surface area contributed by atoms with Gasteiger partial charge in [0.1, 0.15) is 17.5 Å². The number of nitrogens with zero attached hydrogens (tertiary/aromatic N) is 2. The van der Waals surface area contributed by atoms with Crippen LogP contribution in [0.2, 0.25) is 0 Å². The van der Waals surface area contributed by atoms with Gasteiger partial charge in [0.15, 0.2) is 0 Å². The summed E-state index contributed by atoms with van der Waals surface area (Å²) in [6.07, 6.45) is 0. The van der Waals surface area contributed by atoms with Crippen molar-refractivity contribution in [1.29, 1.82) is 0 Å². The topological polar surface area (TPSA) is 90.7 Å². The quantitative estimate of drug-likeness (QED) is 0.269. The number of carbonyl (C=O) groups excluding carboxylic acids is 2. The molecule has 0 bridgehead atoms. The van der Waals surface area contributed by atoms with E-state index in [1.54, 1.807) is 42.5 Å². The van der Waals surface area contributed by atoms with Gasteiger partial charge < -0.3 is 21.3 Å². The minimum absolute atomic E-state index is 0.0128. The summed E-state index contributed by atoms with van der Waals surface area (Å²) in [6, 6.07) is 22.2. The van der Waals surface area contributed by atoms with Crippen LogP contribution in [0.3, 0.4) is 0 Å². The average Bonchev–Trinajstić information content (AvgIpc) is 2.97. The molecule has 4 aromatic carbocycles. The molecule has 41 heavy (non-hydrogen) atoms.